The first-order chi connectivity index (χ1) is 16.4. The van der Waals surface area contributed by atoms with Crippen LogP contribution >= 0.6 is 11.8 Å². The second-order valence-electron chi connectivity index (χ2n) is 8.06. The molecule has 1 amide bonds. The number of hydrogen-bond acceptors (Lipinski definition) is 6. The number of nitrogens with zero attached hydrogens (tertiary/aromatic N) is 4. The van der Waals surface area contributed by atoms with Gasteiger partial charge in [0, 0.05) is 42.4 Å². The number of H-pyrrole nitrogens is 1. The number of amides is 1. The zero-order chi connectivity index (χ0) is 24.1. The Kier molecular flexibility index (Phi) is 7.42. The fourth-order valence-electron chi connectivity index (χ4n) is 3.59. The summed E-state index contributed by atoms with van der Waals surface area (Å²) in [7, 11) is 1.80. The van der Waals surface area contributed by atoms with Gasteiger partial charge in [-0.15, -0.1) is 11.8 Å². The van der Waals surface area contributed by atoms with Gasteiger partial charge in [0.15, 0.2) is 0 Å². The minimum atomic E-state index is -0.272. The number of nitrogens with one attached hydrogen (secondary N) is 1. The van der Waals surface area contributed by atoms with Crippen LogP contribution in [0, 0.1) is 19.7 Å². The van der Waals surface area contributed by atoms with Crippen LogP contribution in [0.4, 0.5) is 4.39 Å². The molecule has 0 aliphatic heterocycles. The van der Waals surface area contributed by atoms with Gasteiger partial charge in [-0.3, -0.25) is 9.89 Å². The van der Waals surface area contributed by atoms with E-state index in [1.54, 1.807) is 36.3 Å². The Labute approximate surface area is 201 Å². The summed E-state index contributed by atoms with van der Waals surface area (Å²) in [6, 6.07) is 11.8. The van der Waals surface area contributed by atoms with E-state index in [1.165, 1.54) is 23.9 Å². The number of halogens is 1. The third-order valence-electron chi connectivity index (χ3n) is 5.59. The lowest BCUT2D eigenvalue weighted by Gasteiger charge is -2.18. The molecule has 0 aliphatic rings. The number of pyridine rings is 1. The van der Waals surface area contributed by atoms with Gasteiger partial charge >= 0.3 is 0 Å². The number of benzene rings is 1. The van der Waals surface area contributed by atoms with Gasteiger partial charge in [0.05, 0.1) is 17.0 Å². The number of aromatic nitrogens is 4. The van der Waals surface area contributed by atoms with E-state index in [9.17, 15) is 9.18 Å². The summed E-state index contributed by atoms with van der Waals surface area (Å²) in [6.45, 7) is 4.38. The van der Waals surface area contributed by atoms with E-state index in [4.69, 9.17) is 4.52 Å². The number of aryl methyl sites for hydroxylation is 3. The molecule has 9 heteroatoms. The molecule has 3 aromatic heterocycles. The summed E-state index contributed by atoms with van der Waals surface area (Å²) >= 11 is 1.51. The van der Waals surface area contributed by atoms with E-state index in [0.29, 0.717) is 22.9 Å². The topological polar surface area (TPSA) is 87.9 Å². The van der Waals surface area contributed by atoms with Crippen molar-refractivity contribution in [3.63, 3.8) is 0 Å². The summed E-state index contributed by atoms with van der Waals surface area (Å²) in [6.07, 6.45) is 3.21. The molecule has 0 aliphatic carbocycles. The van der Waals surface area contributed by atoms with E-state index in [1.807, 2.05) is 26.0 Å². The number of aromatic amines is 1. The minimum absolute atomic E-state index is 0.0639. The third kappa shape index (κ3) is 5.53. The van der Waals surface area contributed by atoms with Gasteiger partial charge in [0.25, 0.3) is 5.91 Å². The summed E-state index contributed by atoms with van der Waals surface area (Å²) in [5.41, 5.74) is 5.07. The first-order valence-corrected chi connectivity index (χ1v) is 12.0. The molecule has 0 saturated heterocycles. The summed E-state index contributed by atoms with van der Waals surface area (Å²) in [4.78, 5) is 19.3. The first kappa shape index (κ1) is 23.7. The zero-order valence-electron chi connectivity index (χ0n) is 19.3. The largest absolute Gasteiger partial charge is 0.361 e. The minimum Gasteiger partial charge on any atom is -0.361 e. The highest BCUT2D eigenvalue weighted by molar-refractivity contribution is 7.98. The lowest BCUT2D eigenvalue weighted by molar-refractivity contribution is 0.0789. The highest BCUT2D eigenvalue weighted by Gasteiger charge is 2.18. The normalized spacial score (nSPS) is 11.1. The molecule has 0 unspecified atom stereocenters. The maximum absolute atomic E-state index is 13.1. The molecule has 0 atom stereocenters. The number of hydrogen-bond donors (Lipinski definition) is 1. The summed E-state index contributed by atoms with van der Waals surface area (Å²) in [5.74, 6) is 1.09. The Morgan fingerprint density at radius 3 is 2.74 bits per heavy atom. The quantitative estimate of drug-likeness (QED) is 0.332. The second kappa shape index (κ2) is 10.6. The van der Waals surface area contributed by atoms with Crippen molar-refractivity contribution in [2.75, 3.05) is 13.6 Å². The average Bonchev–Trinajstić information content (AvgIpc) is 3.44. The van der Waals surface area contributed by atoms with Gasteiger partial charge in [-0.05, 0) is 69.2 Å². The van der Waals surface area contributed by atoms with Crippen molar-refractivity contribution in [1.82, 2.24) is 25.2 Å². The first-order valence-electron chi connectivity index (χ1n) is 11.0. The van der Waals surface area contributed by atoms with Gasteiger partial charge in [-0.2, -0.15) is 5.10 Å². The molecule has 1 N–H and O–H groups in total. The van der Waals surface area contributed by atoms with Crippen LogP contribution in [0.15, 0.2) is 58.2 Å². The van der Waals surface area contributed by atoms with Crippen molar-refractivity contribution in [2.24, 2.45) is 0 Å². The van der Waals surface area contributed by atoms with Crippen LogP contribution in [-0.2, 0) is 12.2 Å². The van der Waals surface area contributed by atoms with Gasteiger partial charge in [-0.1, -0.05) is 5.16 Å². The molecule has 1 aromatic carbocycles. The van der Waals surface area contributed by atoms with E-state index in [0.717, 1.165) is 46.8 Å². The molecule has 0 fully saturated rings. The van der Waals surface area contributed by atoms with E-state index < -0.39 is 0 Å². The number of thioether (sulfide) groups is 1. The standard InChI is InChI=1S/C25H26FN5O2S/c1-16-22(17(2)33-30-16)15-34-24-21(7-4-12-27-24)25(32)31(3)13-5-6-20-14-23(29-28-20)18-8-10-19(26)11-9-18/h4,7-12,14H,5-6,13,15H2,1-3H3,(H,28,29). The van der Waals surface area contributed by atoms with Crippen LogP contribution in [0.3, 0.4) is 0 Å². The van der Waals surface area contributed by atoms with Crippen molar-refractivity contribution < 1.29 is 13.7 Å². The Hall–Kier alpha value is -3.46. The summed E-state index contributed by atoms with van der Waals surface area (Å²) in [5, 5.41) is 12.0. The van der Waals surface area contributed by atoms with Crippen LogP contribution in [0.5, 0.6) is 0 Å². The predicted molar refractivity (Wildman–Crippen MR) is 129 cm³/mol. The van der Waals surface area contributed by atoms with Crippen LogP contribution < -0.4 is 0 Å². The molecular weight excluding hydrogens is 453 g/mol. The van der Waals surface area contributed by atoms with E-state index >= 15 is 0 Å². The van der Waals surface area contributed by atoms with Crippen LogP contribution in [0.25, 0.3) is 11.3 Å². The monoisotopic (exact) mass is 479 g/mol. The lowest BCUT2D eigenvalue weighted by Crippen LogP contribution is -2.28. The Morgan fingerprint density at radius 1 is 1.21 bits per heavy atom. The number of carbonyl (C=O) groups excluding carboxylic acids is 1. The van der Waals surface area contributed by atoms with Crippen molar-refractivity contribution in [1.29, 1.82) is 0 Å². The Bertz CT molecular complexity index is 1250. The van der Waals surface area contributed by atoms with E-state index in [-0.39, 0.29) is 11.7 Å². The van der Waals surface area contributed by atoms with Crippen molar-refractivity contribution >= 4 is 17.7 Å². The van der Waals surface area contributed by atoms with Gasteiger partial charge in [0.2, 0.25) is 0 Å². The number of carbonyl (C=O) groups is 1. The lowest BCUT2D eigenvalue weighted by atomic mass is 10.1. The SMILES string of the molecule is Cc1noc(C)c1CSc1ncccc1C(=O)N(C)CCCc1cc(-c2ccc(F)cc2)n[nH]1. The van der Waals surface area contributed by atoms with Crippen LogP contribution in [0.2, 0.25) is 0 Å². The van der Waals surface area contributed by atoms with Crippen molar-refractivity contribution in [2.45, 2.75) is 37.5 Å². The molecular formula is C25H26FN5O2S. The zero-order valence-corrected chi connectivity index (χ0v) is 20.2. The van der Waals surface area contributed by atoms with Crippen molar-refractivity contribution in [3.05, 3.63) is 82.8 Å². The predicted octanol–water partition coefficient (Wildman–Crippen LogP) is 5.21. The van der Waals surface area contributed by atoms with Gasteiger partial charge < -0.3 is 9.42 Å². The summed E-state index contributed by atoms with van der Waals surface area (Å²) < 4.78 is 18.4. The Balaban J connectivity index is 1.33. The van der Waals surface area contributed by atoms with Crippen LogP contribution in [-0.4, -0.2) is 44.7 Å². The maximum Gasteiger partial charge on any atom is 0.256 e. The highest BCUT2D eigenvalue weighted by atomic mass is 32.2. The van der Waals surface area contributed by atoms with Crippen LogP contribution in [0.1, 0.15) is 39.5 Å². The fourth-order valence-corrected chi connectivity index (χ4v) is 4.73. The molecule has 0 saturated carbocycles. The molecule has 176 valence electrons. The number of rotatable bonds is 9. The van der Waals surface area contributed by atoms with Gasteiger partial charge in [-0.25, -0.2) is 9.37 Å². The third-order valence-corrected chi connectivity index (χ3v) is 6.63. The van der Waals surface area contributed by atoms with E-state index in [2.05, 4.69) is 20.3 Å². The molecule has 4 aromatic rings. The second-order valence-corrected chi connectivity index (χ2v) is 9.03. The molecule has 3 heterocycles. The molecule has 34 heavy (non-hydrogen) atoms. The molecule has 0 spiro atoms. The average molecular weight is 480 g/mol. The molecule has 0 radical (unpaired) electrons. The molecule has 0 bridgehead atoms. The molecule has 4 rings (SSSR count). The van der Waals surface area contributed by atoms with Crippen molar-refractivity contribution in [3.8, 4) is 11.3 Å². The maximum atomic E-state index is 13.1. The molecule has 7 nitrogen and oxygen atoms in total. The smallest absolute Gasteiger partial charge is 0.256 e. The fraction of sp³-hybridized carbons (Fsp3) is 0.280. The highest BCUT2D eigenvalue weighted by Crippen LogP contribution is 2.28. The van der Waals surface area contributed by atoms with Gasteiger partial charge in [0.1, 0.15) is 16.6 Å². The Morgan fingerprint density at radius 2 is 2.00 bits per heavy atom.